The normalized spacial score (nSPS) is 31.8. The van der Waals surface area contributed by atoms with E-state index in [0.717, 1.165) is 45.4 Å². The third-order valence-electron chi connectivity index (χ3n) is 3.26. The molecular formula is C10H21N3O2S. The van der Waals surface area contributed by atoms with E-state index in [0.29, 0.717) is 0 Å². The maximum atomic E-state index is 11.9. The van der Waals surface area contributed by atoms with Gasteiger partial charge < -0.3 is 10.6 Å². The summed E-state index contributed by atoms with van der Waals surface area (Å²) in [5.41, 5.74) is 0. The predicted octanol–water partition coefficient (Wildman–Crippen LogP) is -0.733. The van der Waals surface area contributed by atoms with Crippen molar-refractivity contribution >= 4 is 10.0 Å². The van der Waals surface area contributed by atoms with Crippen LogP contribution in [0.4, 0.5) is 0 Å². The van der Waals surface area contributed by atoms with Crippen molar-refractivity contribution in [1.29, 1.82) is 0 Å². The van der Waals surface area contributed by atoms with Crippen LogP contribution in [-0.2, 0) is 10.0 Å². The van der Waals surface area contributed by atoms with Crippen LogP contribution in [-0.4, -0.2) is 46.4 Å². The first-order valence-electron chi connectivity index (χ1n) is 6.07. The zero-order chi connectivity index (χ0) is 11.4. The van der Waals surface area contributed by atoms with E-state index in [4.69, 9.17) is 0 Å². The summed E-state index contributed by atoms with van der Waals surface area (Å²) in [5.74, 6) is 0.560. The molecule has 2 atom stereocenters. The van der Waals surface area contributed by atoms with Gasteiger partial charge in [-0.2, -0.15) is 0 Å². The van der Waals surface area contributed by atoms with Gasteiger partial charge in [0.1, 0.15) is 0 Å². The minimum atomic E-state index is -3.09. The van der Waals surface area contributed by atoms with Gasteiger partial charge >= 0.3 is 0 Å². The standard InChI is InChI=1S/C10H21N3O2S/c14-16(15,8-9-3-5-12-6-9)13-10-2-1-4-11-7-10/h9-13H,1-8H2. The fourth-order valence-electron chi connectivity index (χ4n) is 2.42. The zero-order valence-electron chi connectivity index (χ0n) is 9.54. The first-order chi connectivity index (χ1) is 7.66. The van der Waals surface area contributed by atoms with Crippen LogP contribution in [0.1, 0.15) is 19.3 Å². The van der Waals surface area contributed by atoms with Crippen LogP contribution in [0.2, 0.25) is 0 Å². The fourth-order valence-corrected chi connectivity index (χ4v) is 4.13. The van der Waals surface area contributed by atoms with Crippen LogP contribution in [0, 0.1) is 5.92 Å². The van der Waals surface area contributed by atoms with Crippen molar-refractivity contribution in [1.82, 2.24) is 15.4 Å². The van der Waals surface area contributed by atoms with E-state index >= 15 is 0 Å². The Morgan fingerprint density at radius 3 is 2.56 bits per heavy atom. The molecule has 5 nitrogen and oxygen atoms in total. The highest BCUT2D eigenvalue weighted by Crippen LogP contribution is 2.11. The lowest BCUT2D eigenvalue weighted by Crippen LogP contribution is -2.46. The van der Waals surface area contributed by atoms with Gasteiger partial charge in [0.05, 0.1) is 5.75 Å². The Morgan fingerprint density at radius 2 is 1.94 bits per heavy atom. The largest absolute Gasteiger partial charge is 0.316 e. The molecule has 6 heteroatoms. The average Bonchev–Trinajstić information content (AvgIpc) is 2.70. The highest BCUT2D eigenvalue weighted by molar-refractivity contribution is 7.89. The second-order valence-corrected chi connectivity index (χ2v) is 6.60. The molecule has 0 aromatic rings. The van der Waals surface area contributed by atoms with Crippen molar-refractivity contribution < 1.29 is 8.42 Å². The molecular weight excluding hydrogens is 226 g/mol. The quantitative estimate of drug-likeness (QED) is 0.612. The number of sulfonamides is 1. The number of hydrogen-bond acceptors (Lipinski definition) is 4. The molecule has 0 amide bonds. The number of rotatable bonds is 4. The minimum Gasteiger partial charge on any atom is -0.316 e. The maximum Gasteiger partial charge on any atom is 0.212 e. The monoisotopic (exact) mass is 247 g/mol. The molecule has 2 aliphatic heterocycles. The van der Waals surface area contributed by atoms with Crippen LogP contribution in [0.3, 0.4) is 0 Å². The summed E-state index contributed by atoms with van der Waals surface area (Å²) >= 11 is 0. The molecule has 2 fully saturated rings. The first-order valence-corrected chi connectivity index (χ1v) is 7.72. The van der Waals surface area contributed by atoms with E-state index in [9.17, 15) is 8.42 Å². The highest BCUT2D eigenvalue weighted by atomic mass is 32.2. The average molecular weight is 247 g/mol. The molecule has 0 radical (unpaired) electrons. The van der Waals surface area contributed by atoms with Crippen molar-refractivity contribution in [3.05, 3.63) is 0 Å². The molecule has 2 heterocycles. The van der Waals surface area contributed by atoms with Crippen molar-refractivity contribution in [2.24, 2.45) is 5.92 Å². The Labute approximate surface area is 97.4 Å². The SMILES string of the molecule is O=S(=O)(CC1CCNC1)NC1CCCNC1. The topological polar surface area (TPSA) is 70.2 Å². The van der Waals surface area contributed by atoms with E-state index < -0.39 is 10.0 Å². The zero-order valence-corrected chi connectivity index (χ0v) is 10.4. The molecule has 2 rings (SSSR count). The third-order valence-corrected chi connectivity index (χ3v) is 4.86. The lowest BCUT2D eigenvalue weighted by atomic mass is 10.1. The fraction of sp³-hybridized carbons (Fsp3) is 1.00. The predicted molar refractivity (Wildman–Crippen MR) is 63.8 cm³/mol. The smallest absolute Gasteiger partial charge is 0.212 e. The molecule has 16 heavy (non-hydrogen) atoms. The molecule has 2 unspecified atom stereocenters. The van der Waals surface area contributed by atoms with Crippen molar-refractivity contribution in [2.45, 2.75) is 25.3 Å². The van der Waals surface area contributed by atoms with E-state index in [1.807, 2.05) is 0 Å². The molecule has 0 saturated carbocycles. The van der Waals surface area contributed by atoms with Gasteiger partial charge in [0, 0.05) is 12.6 Å². The van der Waals surface area contributed by atoms with Gasteiger partial charge in [-0.1, -0.05) is 0 Å². The lowest BCUT2D eigenvalue weighted by molar-refractivity contribution is 0.427. The summed E-state index contributed by atoms with van der Waals surface area (Å²) in [6, 6.07) is 0.0908. The molecule has 0 aromatic heterocycles. The van der Waals surface area contributed by atoms with Crippen molar-refractivity contribution in [2.75, 3.05) is 31.9 Å². The van der Waals surface area contributed by atoms with Gasteiger partial charge in [0.25, 0.3) is 0 Å². The Hall–Kier alpha value is -0.170. The van der Waals surface area contributed by atoms with E-state index in [1.54, 1.807) is 0 Å². The van der Waals surface area contributed by atoms with Gasteiger partial charge in [0.15, 0.2) is 0 Å². The van der Waals surface area contributed by atoms with Crippen LogP contribution in [0.25, 0.3) is 0 Å². The molecule has 3 N–H and O–H groups in total. The Kier molecular flexibility index (Phi) is 4.18. The van der Waals surface area contributed by atoms with E-state index in [1.165, 1.54) is 0 Å². The van der Waals surface area contributed by atoms with Crippen LogP contribution in [0.15, 0.2) is 0 Å². The van der Waals surface area contributed by atoms with Gasteiger partial charge in [-0.3, -0.25) is 0 Å². The first kappa shape index (κ1) is 12.3. The number of hydrogen-bond donors (Lipinski definition) is 3. The van der Waals surface area contributed by atoms with Crippen LogP contribution >= 0.6 is 0 Å². The van der Waals surface area contributed by atoms with Crippen LogP contribution in [0.5, 0.6) is 0 Å². The van der Waals surface area contributed by atoms with E-state index in [2.05, 4.69) is 15.4 Å². The Balaban J connectivity index is 1.81. The molecule has 0 aromatic carbocycles. The Morgan fingerprint density at radius 1 is 1.12 bits per heavy atom. The second kappa shape index (κ2) is 5.44. The van der Waals surface area contributed by atoms with Gasteiger partial charge in [-0.25, -0.2) is 13.1 Å². The summed E-state index contributed by atoms with van der Waals surface area (Å²) in [6.45, 7) is 3.56. The third kappa shape index (κ3) is 3.69. The summed E-state index contributed by atoms with van der Waals surface area (Å²) in [5, 5.41) is 6.41. The molecule has 0 bridgehead atoms. The molecule has 2 saturated heterocycles. The molecule has 94 valence electrons. The summed E-state index contributed by atoms with van der Waals surface area (Å²) in [4.78, 5) is 0. The van der Waals surface area contributed by atoms with Gasteiger partial charge in [0.2, 0.25) is 10.0 Å². The second-order valence-electron chi connectivity index (χ2n) is 4.80. The van der Waals surface area contributed by atoms with Gasteiger partial charge in [-0.15, -0.1) is 0 Å². The van der Waals surface area contributed by atoms with Crippen molar-refractivity contribution in [3.63, 3.8) is 0 Å². The molecule has 0 aliphatic carbocycles. The summed E-state index contributed by atoms with van der Waals surface area (Å²) < 4.78 is 26.6. The van der Waals surface area contributed by atoms with Crippen molar-refractivity contribution in [3.8, 4) is 0 Å². The number of piperidine rings is 1. The van der Waals surface area contributed by atoms with Crippen LogP contribution < -0.4 is 15.4 Å². The minimum absolute atomic E-state index is 0.0908. The Bertz CT molecular complexity index is 306. The lowest BCUT2D eigenvalue weighted by Gasteiger charge is -2.24. The summed E-state index contributed by atoms with van der Waals surface area (Å²) in [7, 11) is -3.09. The highest BCUT2D eigenvalue weighted by Gasteiger charge is 2.25. The van der Waals surface area contributed by atoms with Gasteiger partial charge in [-0.05, 0) is 44.8 Å². The summed E-state index contributed by atoms with van der Waals surface area (Å²) in [6.07, 6.45) is 2.98. The molecule has 2 aliphatic rings. The number of nitrogens with one attached hydrogen (secondary N) is 3. The van der Waals surface area contributed by atoms with E-state index in [-0.39, 0.29) is 17.7 Å². The maximum absolute atomic E-state index is 11.9. The molecule has 0 spiro atoms.